The number of aliphatic hydroxyl groups is 2. The van der Waals surface area contributed by atoms with Crippen molar-refractivity contribution >= 4 is 92.0 Å². The summed E-state index contributed by atoms with van der Waals surface area (Å²) in [6.45, 7) is 3.89. The second-order valence-electron chi connectivity index (χ2n) is 15.0. The molecule has 0 saturated carbocycles. The number of hydrazone groups is 1. The summed E-state index contributed by atoms with van der Waals surface area (Å²) in [5.74, 6) is -2.26. The Morgan fingerprint density at radius 2 is 1.38 bits per heavy atom. The number of aromatic hydroxyl groups is 2. The number of hydrogen-bond acceptors (Lipinski definition) is 20. The zero-order chi connectivity index (χ0) is 47.8. The number of phenolic OH excluding ortho intramolecular Hbond substituents is 2. The van der Waals surface area contributed by atoms with E-state index in [0.29, 0.717) is 17.8 Å². The number of benzene rings is 5. The molecule has 0 bridgehead atoms. The molecule has 0 fully saturated rings. The number of fused-ring (bicyclic) bond motifs is 2. The van der Waals surface area contributed by atoms with Gasteiger partial charge >= 0.3 is 0 Å². The molecule has 27 heteroatoms. The fourth-order valence-corrected chi connectivity index (χ4v) is 8.33. The van der Waals surface area contributed by atoms with Crippen LogP contribution in [0.5, 0.6) is 23.0 Å². The van der Waals surface area contributed by atoms with Crippen molar-refractivity contribution in [2.24, 2.45) is 31.0 Å². The molecule has 24 nitrogen and oxygen atoms in total. The average Bonchev–Trinajstić information content (AvgIpc) is 3.51. The number of ether oxygens (including phenoxy) is 2. The number of aliphatic hydroxyl groups excluding tert-OH is 2. The van der Waals surface area contributed by atoms with E-state index in [4.69, 9.17) is 9.47 Å². The number of hydrogen-bond donors (Lipinski definition) is 9. The molecule has 5 aromatic rings. The Labute approximate surface area is 369 Å². The number of carbonyl (C=O) groups excluding carboxylic acids is 1. The number of likely N-dealkylation sites (N-methyl/N-ethyl adjacent to an activating group) is 1. The van der Waals surface area contributed by atoms with E-state index in [-0.39, 0.29) is 58.2 Å². The molecule has 0 spiro atoms. The van der Waals surface area contributed by atoms with Gasteiger partial charge in [0.15, 0.2) is 6.04 Å². The van der Waals surface area contributed by atoms with Crippen LogP contribution in [0.2, 0.25) is 0 Å². The lowest BCUT2D eigenvalue weighted by Gasteiger charge is -2.20. The van der Waals surface area contributed by atoms with E-state index in [1.807, 2.05) is 20.8 Å². The second kappa shape index (κ2) is 18.1. The van der Waals surface area contributed by atoms with Crippen LogP contribution in [-0.4, -0.2) is 115 Å². The standard InChI is InChI=1S/C38H40N8O16S3/c1-38(2,3)36-34(37(51)46(4)45-36)44-39-20-5-6-22-19(13-20)14-31(65(58,59)60)33(35(22)50)43-42-26-18-28(61-11-9-47)25(17-29(26)62-12-10-48)41-40-24-7-8-30(64(55,56)57)23-15-21(63(52,53)54)16-27(49)32(23)24/h5-8,13-18,34,42-43,47-50H,9-12H2,1-4H3,(H,52,53,54)(H,55,56,57)(H,58,59,60)/b41-40+,44-39+. The maximum absolute atomic E-state index is 12.8. The number of azo groups is 2. The van der Waals surface area contributed by atoms with Crippen molar-refractivity contribution in [3.63, 3.8) is 0 Å². The van der Waals surface area contributed by atoms with E-state index in [1.54, 1.807) is 0 Å². The topological polar surface area (TPSA) is 369 Å². The van der Waals surface area contributed by atoms with E-state index in [1.165, 1.54) is 37.4 Å². The van der Waals surface area contributed by atoms with Crippen LogP contribution < -0.4 is 20.3 Å². The Morgan fingerprint density at radius 3 is 2.00 bits per heavy atom. The summed E-state index contributed by atoms with van der Waals surface area (Å²) in [6, 6.07) is 9.77. The van der Waals surface area contributed by atoms with Crippen molar-refractivity contribution in [3.05, 3.63) is 60.7 Å². The van der Waals surface area contributed by atoms with E-state index < -0.39 is 104 Å². The summed E-state index contributed by atoms with van der Waals surface area (Å²) in [5, 5.41) is 62.5. The third kappa shape index (κ3) is 10.4. The third-order valence-electron chi connectivity index (χ3n) is 9.39. The summed E-state index contributed by atoms with van der Waals surface area (Å²) in [4.78, 5) is 10.2. The number of rotatable bonds is 16. The fraction of sp³-hybridized carbons (Fsp3) is 0.263. The van der Waals surface area contributed by atoms with Crippen molar-refractivity contribution < 1.29 is 73.6 Å². The monoisotopic (exact) mass is 960 g/mol. The van der Waals surface area contributed by atoms with Gasteiger partial charge in [-0.3, -0.25) is 29.3 Å². The quantitative estimate of drug-likeness (QED) is 0.0270. The first-order valence-electron chi connectivity index (χ1n) is 18.7. The van der Waals surface area contributed by atoms with Crippen molar-refractivity contribution in [2.75, 3.05) is 44.3 Å². The predicted octanol–water partition coefficient (Wildman–Crippen LogP) is 5.07. The van der Waals surface area contributed by atoms with Crippen molar-refractivity contribution in [1.82, 2.24) is 5.01 Å². The molecule has 1 atom stereocenters. The van der Waals surface area contributed by atoms with E-state index in [0.717, 1.165) is 23.2 Å². The fourth-order valence-electron chi connectivity index (χ4n) is 6.44. The highest BCUT2D eigenvalue weighted by Gasteiger charge is 2.40. The van der Waals surface area contributed by atoms with Gasteiger partial charge in [0, 0.05) is 41.4 Å². The van der Waals surface area contributed by atoms with E-state index in [2.05, 4.69) is 36.4 Å². The first-order chi connectivity index (χ1) is 30.3. The summed E-state index contributed by atoms with van der Waals surface area (Å²) in [7, 11) is -13.6. The molecule has 9 N–H and O–H groups in total. The molecule has 0 radical (unpaired) electrons. The van der Waals surface area contributed by atoms with E-state index in [9.17, 15) is 64.1 Å². The highest BCUT2D eigenvalue weighted by molar-refractivity contribution is 7.86. The highest BCUT2D eigenvalue weighted by Crippen LogP contribution is 2.44. The van der Waals surface area contributed by atoms with Crippen LogP contribution in [0.4, 0.5) is 28.4 Å². The summed E-state index contributed by atoms with van der Waals surface area (Å²) in [6.07, 6.45) is 0. The molecule has 1 aliphatic rings. The Balaban J connectivity index is 1.39. The lowest BCUT2D eigenvalue weighted by atomic mass is 9.86. The minimum atomic E-state index is -5.09. The SMILES string of the molecule is CN1N=C(C(C)(C)C)C(/N=N/c2ccc3c(O)c(NNc4cc(OCCO)c(/N=N/c5ccc(S(=O)(=O)O)c6cc(S(=O)(=O)O)cc(O)c56)cc4OCCO)c(S(=O)(=O)O)cc3c2)C1=O. The molecule has 1 amide bonds. The molecule has 1 aliphatic heterocycles. The molecular formula is C38H40N8O16S3. The Kier molecular flexibility index (Phi) is 13.3. The molecule has 6 rings (SSSR count). The maximum Gasteiger partial charge on any atom is 0.296 e. The number of nitrogens with zero attached hydrogens (tertiary/aromatic N) is 6. The Bertz CT molecular complexity index is 3170. The van der Waals surface area contributed by atoms with Crippen molar-refractivity contribution in [2.45, 2.75) is 41.5 Å². The molecule has 1 heterocycles. The van der Waals surface area contributed by atoms with Crippen LogP contribution in [0, 0.1) is 5.41 Å². The van der Waals surface area contributed by atoms with Gasteiger partial charge in [-0.1, -0.05) is 20.8 Å². The lowest BCUT2D eigenvalue weighted by Crippen LogP contribution is -2.34. The van der Waals surface area contributed by atoms with Gasteiger partial charge in [-0.2, -0.15) is 40.6 Å². The summed E-state index contributed by atoms with van der Waals surface area (Å²) >= 11 is 0. The van der Waals surface area contributed by atoms with Crippen LogP contribution in [0.1, 0.15) is 20.8 Å². The molecule has 0 aliphatic carbocycles. The minimum Gasteiger partial charge on any atom is -0.507 e. The van der Waals surface area contributed by atoms with Gasteiger partial charge < -0.3 is 29.9 Å². The van der Waals surface area contributed by atoms with Crippen LogP contribution in [0.15, 0.2) is 101 Å². The number of carbonyl (C=O) groups is 1. The average molecular weight is 961 g/mol. The Morgan fingerprint density at radius 1 is 0.738 bits per heavy atom. The van der Waals surface area contributed by atoms with Crippen LogP contribution in [0.25, 0.3) is 21.5 Å². The minimum absolute atomic E-state index is 0.0751. The Hall–Kier alpha value is -6.59. The largest absolute Gasteiger partial charge is 0.507 e. The van der Waals surface area contributed by atoms with Gasteiger partial charge in [0.25, 0.3) is 36.3 Å². The molecular weight excluding hydrogens is 921 g/mol. The molecule has 5 aromatic carbocycles. The number of nitrogens with one attached hydrogen (secondary N) is 2. The third-order valence-corrected chi connectivity index (χ3v) is 12.0. The smallest absolute Gasteiger partial charge is 0.296 e. The first-order valence-corrected chi connectivity index (χ1v) is 23.0. The summed E-state index contributed by atoms with van der Waals surface area (Å²) in [5.41, 5.74) is 4.22. The molecule has 1 unspecified atom stereocenters. The van der Waals surface area contributed by atoms with Gasteiger partial charge in [-0.25, -0.2) is 5.01 Å². The van der Waals surface area contributed by atoms with Crippen LogP contribution >= 0.6 is 0 Å². The van der Waals surface area contributed by atoms with Gasteiger partial charge in [0.05, 0.1) is 46.3 Å². The van der Waals surface area contributed by atoms with Crippen LogP contribution in [-0.2, 0) is 35.1 Å². The second-order valence-corrected chi connectivity index (χ2v) is 19.2. The van der Waals surface area contributed by atoms with Gasteiger partial charge in [0.2, 0.25) is 0 Å². The normalized spacial score (nSPS) is 15.1. The van der Waals surface area contributed by atoms with Gasteiger partial charge in [0.1, 0.15) is 57.4 Å². The number of amides is 1. The van der Waals surface area contributed by atoms with Crippen molar-refractivity contribution in [1.29, 1.82) is 0 Å². The number of anilines is 2. The number of phenols is 2. The zero-order valence-electron chi connectivity index (χ0n) is 34.4. The predicted molar refractivity (Wildman–Crippen MR) is 232 cm³/mol. The lowest BCUT2D eigenvalue weighted by molar-refractivity contribution is -0.128. The molecule has 0 saturated heterocycles. The number of hydrazine groups is 1. The van der Waals surface area contributed by atoms with E-state index >= 15 is 0 Å². The molecule has 65 heavy (non-hydrogen) atoms. The van der Waals surface area contributed by atoms with Gasteiger partial charge in [-0.15, -0.1) is 10.2 Å². The zero-order valence-corrected chi connectivity index (χ0v) is 36.8. The maximum atomic E-state index is 12.8. The van der Waals surface area contributed by atoms with Crippen molar-refractivity contribution in [3.8, 4) is 23.0 Å². The van der Waals surface area contributed by atoms with Crippen LogP contribution in [0.3, 0.4) is 0 Å². The molecule has 346 valence electrons. The first kappa shape index (κ1) is 47.9. The van der Waals surface area contributed by atoms with Gasteiger partial charge in [-0.05, 0) is 47.9 Å². The molecule has 0 aromatic heterocycles. The summed E-state index contributed by atoms with van der Waals surface area (Å²) < 4.78 is 115. The highest BCUT2D eigenvalue weighted by atomic mass is 32.2.